The fraction of sp³-hybridized carbons (Fsp3) is 0.444. The van der Waals surface area contributed by atoms with Crippen molar-refractivity contribution >= 4 is 27.7 Å². The van der Waals surface area contributed by atoms with Gasteiger partial charge in [0.05, 0.1) is 6.04 Å². The molecule has 0 aliphatic carbocycles. The van der Waals surface area contributed by atoms with E-state index in [0.717, 1.165) is 17.0 Å². The van der Waals surface area contributed by atoms with Gasteiger partial charge >= 0.3 is 0 Å². The van der Waals surface area contributed by atoms with Crippen LogP contribution in [0.3, 0.4) is 0 Å². The highest BCUT2D eigenvalue weighted by Gasteiger charge is 2.26. The topological polar surface area (TPSA) is 58.1 Å². The molecular weight excluding hydrogens is 260 g/mol. The van der Waals surface area contributed by atoms with E-state index in [4.69, 9.17) is 0 Å². The maximum absolute atomic E-state index is 11.3. The highest BCUT2D eigenvalue weighted by molar-refractivity contribution is 9.10. The van der Waals surface area contributed by atoms with Gasteiger partial charge in [-0.2, -0.15) is 0 Å². The van der Waals surface area contributed by atoms with E-state index in [-0.39, 0.29) is 11.9 Å². The molecule has 80 valence electrons. The van der Waals surface area contributed by atoms with E-state index < -0.39 is 0 Å². The van der Waals surface area contributed by atoms with E-state index in [0.29, 0.717) is 6.42 Å². The zero-order valence-electron chi connectivity index (χ0n) is 8.27. The quantitative estimate of drug-likeness (QED) is 0.811. The Kier molecular flexibility index (Phi) is 2.86. The first-order valence-electron chi connectivity index (χ1n) is 4.63. The van der Waals surface area contributed by atoms with Crippen molar-refractivity contribution < 1.29 is 4.79 Å². The van der Waals surface area contributed by atoms with Gasteiger partial charge in [0, 0.05) is 26.1 Å². The van der Waals surface area contributed by atoms with Crippen LogP contribution in [-0.2, 0) is 4.79 Å². The second kappa shape index (κ2) is 4.14. The standard InChI is InChI=1S/C9H11BrN4O/c1-14-4-6(2-9(14)15)13-8-3-7(10)11-5-12-8/h3,5-6H,2,4H2,1H3,(H,11,12,13). The van der Waals surface area contributed by atoms with E-state index >= 15 is 0 Å². The number of halogens is 1. The Hall–Kier alpha value is -1.17. The van der Waals surface area contributed by atoms with E-state index in [1.54, 1.807) is 18.0 Å². The molecule has 2 rings (SSSR count). The van der Waals surface area contributed by atoms with Crippen LogP contribution < -0.4 is 5.32 Å². The van der Waals surface area contributed by atoms with Crippen LogP contribution in [0.5, 0.6) is 0 Å². The Morgan fingerprint density at radius 3 is 3.00 bits per heavy atom. The van der Waals surface area contributed by atoms with Gasteiger partial charge in [-0.25, -0.2) is 9.97 Å². The molecule has 1 saturated heterocycles. The van der Waals surface area contributed by atoms with Crippen molar-refractivity contribution in [3.63, 3.8) is 0 Å². The third-order valence-electron chi connectivity index (χ3n) is 2.33. The zero-order chi connectivity index (χ0) is 10.8. The summed E-state index contributed by atoms with van der Waals surface area (Å²) in [6.45, 7) is 0.723. The summed E-state index contributed by atoms with van der Waals surface area (Å²) in [7, 11) is 1.81. The number of likely N-dealkylation sites (tertiary alicyclic amines) is 1. The lowest BCUT2D eigenvalue weighted by Gasteiger charge is -2.12. The summed E-state index contributed by atoms with van der Waals surface area (Å²) in [5, 5.41) is 3.20. The number of rotatable bonds is 2. The van der Waals surface area contributed by atoms with Crippen molar-refractivity contribution in [2.45, 2.75) is 12.5 Å². The number of nitrogens with one attached hydrogen (secondary N) is 1. The van der Waals surface area contributed by atoms with Crippen molar-refractivity contribution in [3.05, 3.63) is 17.0 Å². The fourth-order valence-corrected chi connectivity index (χ4v) is 1.89. The molecule has 1 unspecified atom stereocenters. The van der Waals surface area contributed by atoms with Crippen molar-refractivity contribution in [3.8, 4) is 0 Å². The van der Waals surface area contributed by atoms with Crippen molar-refractivity contribution in [2.75, 3.05) is 18.9 Å². The molecule has 15 heavy (non-hydrogen) atoms. The minimum absolute atomic E-state index is 0.143. The van der Waals surface area contributed by atoms with Gasteiger partial charge in [0.25, 0.3) is 0 Å². The molecule has 1 atom stereocenters. The molecule has 0 bridgehead atoms. The lowest BCUT2D eigenvalue weighted by atomic mass is 10.2. The van der Waals surface area contributed by atoms with Crippen LogP contribution in [0.15, 0.2) is 17.0 Å². The zero-order valence-corrected chi connectivity index (χ0v) is 9.86. The van der Waals surface area contributed by atoms with Gasteiger partial charge in [-0.15, -0.1) is 0 Å². The Morgan fingerprint density at radius 2 is 2.40 bits per heavy atom. The summed E-state index contributed by atoms with van der Waals surface area (Å²) < 4.78 is 0.734. The summed E-state index contributed by atoms with van der Waals surface area (Å²) in [4.78, 5) is 21.0. The highest BCUT2D eigenvalue weighted by atomic mass is 79.9. The second-order valence-electron chi connectivity index (χ2n) is 3.55. The van der Waals surface area contributed by atoms with Crippen LogP contribution in [0, 0.1) is 0 Å². The number of aromatic nitrogens is 2. The molecule has 5 nitrogen and oxygen atoms in total. The maximum atomic E-state index is 11.3. The number of hydrogen-bond donors (Lipinski definition) is 1. The molecule has 2 heterocycles. The van der Waals surface area contributed by atoms with Gasteiger partial charge in [0.1, 0.15) is 16.7 Å². The second-order valence-corrected chi connectivity index (χ2v) is 4.36. The van der Waals surface area contributed by atoms with Gasteiger partial charge in [-0.1, -0.05) is 0 Å². The predicted octanol–water partition coefficient (Wildman–Crippen LogP) is 0.882. The van der Waals surface area contributed by atoms with Gasteiger partial charge in [0.2, 0.25) is 5.91 Å². The maximum Gasteiger partial charge on any atom is 0.224 e. The minimum Gasteiger partial charge on any atom is -0.365 e. The molecule has 0 aromatic carbocycles. The van der Waals surface area contributed by atoms with Gasteiger partial charge < -0.3 is 10.2 Å². The number of amides is 1. The van der Waals surface area contributed by atoms with Crippen LogP contribution in [0.2, 0.25) is 0 Å². The molecule has 1 aromatic rings. The van der Waals surface area contributed by atoms with Crippen molar-refractivity contribution in [2.24, 2.45) is 0 Å². The lowest BCUT2D eigenvalue weighted by Crippen LogP contribution is -2.24. The lowest BCUT2D eigenvalue weighted by molar-refractivity contribution is -0.126. The molecule has 1 aliphatic rings. The number of likely N-dealkylation sites (N-methyl/N-ethyl adjacent to an activating group) is 1. The SMILES string of the molecule is CN1CC(Nc2cc(Br)ncn2)CC1=O. The Balaban J connectivity index is 2.01. The van der Waals surface area contributed by atoms with Crippen LogP contribution in [0.1, 0.15) is 6.42 Å². The van der Waals surface area contributed by atoms with Crippen LogP contribution in [0.4, 0.5) is 5.82 Å². The molecule has 0 radical (unpaired) electrons. The molecule has 1 N–H and O–H groups in total. The largest absolute Gasteiger partial charge is 0.365 e. The van der Waals surface area contributed by atoms with Crippen LogP contribution in [-0.4, -0.2) is 40.4 Å². The molecule has 6 heteroatoms. The molecule has 1 fully saturated rings. The number of anilines is 1. The molecule has 0 saturated carbocycles. The molecule has 1 amide bonds. The summed E-state index contributed by atoms with van der Waals surface area (Å²) in [5.41, 5.74) is 0. The Morgan fingerprint density at radius 1 is 1.60 bits per heavy atom. The minimum atomic E-state index is 0.143. The third kappa shape index (κ3) is 2.44. The van der Waals surface area contributed by atoms with E-state index in [1.807, 2.05) is 0 Å². The highest BCUT2D eigenvalue weighted by Crippen LogP contribution is 2.15. The Labute approximate surface area is 96.0 Å². The summed E-state index contributed by atoms with van der Waals surface area (Å²) in [6, 6.07) is 1.94. The Bertz CT molecular complexity index is 384. The predicted molar refractivity (Wildman–Crippen MR) is 59.4 cm³/mol. The molecule has 1 aromatic heterocycles. The first-order chi connectivity index (χ1) is 7.15. The molecule has 1 aliphatic heterocycles. The van der Waals surface area contributed by atoms with Gasteiger partial charge in [-0.3, -0.25) is 4.79 Å². The first-order valence-corrected chi connectivity index (χ1v) is 5.42. The number of carbonyl (C=O) groups is 1. The number of nitrogens with zero attached hydrogens (tertiary/aromatic N) is 3. The van der Waals surface area contributed by atoms with Crippen LogP contribution in [0.25, 0.3) is 0 Å². The summed E-state index contributed by atoms with van der Waals surface area (Å²) >= 11 is 3.27. The molecular formula is C9H11BrN4O. The third-order valence-corrected chi connectivity index (χ3v) is 2.76. The normalized spacial score (nSPS) is 20.8. The molecule has 0 spiro atoms. The summed E-state index contributed by atoms with van der Waals surface area (Å²) in [5.74, 6) is 0.908. The average Bonchev–Trinajstić information content (AvgIpc) is 2.45. The van der Waals surface area contributed by atoms with E-state index in [9.17, 15) is 4.79 Å². The van der Waals surface area contributed by atoms with Gasteiger partial charge in [0.15, 0.2) is 0 Å². The smallest absolute Gasteiger partial charge is 0.224 e. The van der Waals surface area contributed by atoms with Crippen molar-refractivity contribution in [1.29, 1.82) is 0 Å². The van der Waals surface area contributed by atoms with Crippen molar-refractivity contribution in [1.82, 2.24) is 14.9 Å². The van der Waals surface area contributed by atoms with Crippen LogP contribution >= 0.6 is 15.9 Å². The fourth-order valence-electron chi connectivity index (χ4n) is 1.58. The van der Waals surface area contributed by atoms with Gasteiger partial charge in [-0.05, 0) is 15.9 Å². The monoisotopic (exact) mass is 270 g/mol. The summed E-state index contributed by atoms with van der Waals surface area (Å²) in [6.07, 6.45) is 2.00. The number of carbonyl (C=O) groups excluding carboxylic acids is 1. The average molecular weight is 271 g/mol. The first kappa shape index (κ1) is 10.4. The number of hydrogen-bond acceptors (Lipinski definition) is 4. The van der Waals surface area contributed by atoms with E-state index in [2.05, 4.69) is 31.2 Å². The van der Waals surface area contributed by atoms with E-state index in [1.165, 1.54) is 6.33 Å².